The molecule has 1 N–H and O–H groups in total. The van der Waals surface area contributed by atoms with Crippen LogP contribution in [0.1, 0.15) is 43.7 Å². The standard InChI is InChI=1S/C22H27ClN2O3/c1-3-4-5-6-13-28-20-12-9-18(14-21(20)27-2)16-24-25-22(26)15-17-7-10-19(23)11-8-17/h7-12,14,16H,3-6,13,15H2,1-2H3,(H,25,26)/b24-16-. The summed E-state index contributed by atoms with van der Waals surface area (Å²) < 4.78 is 11.2. The number of benzene rings is 2. The smallest absolute Gasteiger partial charge is 0.244 e. The highest BCUT2D eigenvalue weighted by Gasteiger charge is 2.06. The van der Waals surface area contributed by atoms with Gasteiger partial charge < -0.3 is 9.47 Å². The largest absolute Gasteiger partial charge is 0.493 e. The molecule has 0 saturated carbocycles. The minimum absolute atomic E-state index is 0.197. The van der Waals surface area contributed by atoms with E-state index in [-0.39, 0.29) is 12.3 Å². The lowest BCUT2D eigenvalue weighted by Crippen LogP contribution is -2.19. The number of methoxy groups -OCH3 is 1. The molecule has 2 rings (SSSR count). The highest BCUT2D eigenvalue weighted by atomic mass is 35.5. The van der Waals surface area contributed by atoms with E-state index < -0.39 is 0 Å². The lowest BCUT2D eigenvalue weighted by atomic mass is 10.1. The molecule has 0 heterocycles. The minimum Gasteiger partial charge on any atom is -0.493 e. The maximum atomic E-state index is 12.0. The summed E-state index contributed by atoms with van der Waals surface area (Å²) >= 11 is 5.84. The second kappa shape index (κ2) is 12.0. The van der Waals surface area contributed by atoms with Gasteiger partial charge in [-0.15, -0.1) is 0 Å². The Hall–Kier alpha value is -2.53. The maximum absolute atomic E-state index is 12.0. The molecular weight excluding hydrogens is 376 g/mol. The fourth-order valence-corrected chi connectivity index (χ4v) is 2.73. The van der Waals surface area contributed by atoms with E-state index in [1.54, 1.807) is 25.5 Å². The quantitative estimate of drug-likeness (QED) is 0.327. The van der Waals surface area contributed by atoms with Crippen molar-refractivity contribution in [3.63, 3.8) is 0 Å². The average molecular weight is 403 g/mol. The van der Waals surface area contributed by atoms with Crippen molar-refractivity contribution in [3.8, 4) is 11.5 Å². The molecule has 6 heteroatoms. The van der Waals surface area contributed by atoms with Gasteiger partial charge in [0, 0.05) is 5.02 Å². The molecule has 0 bridgehead atoms. The first-order valence-corrected chi connectivity index (χ1v) is 9.87. The van der Waals surface area contributed by atoms with Gasteiger partial charge in [-0.2, -0.15) is 5.10 Å². The summed E-state index contributed by atoms with van der Waals surface area (Å²) in [6, 6.07) is 12.7. The topological polar surface area (TPSA) is 59.9 Å². The molecule has 5 nitrogen and oxygen atoms in total. The summed E-state index contributed by atoms with van der Waals surface area (Å²) in [7, 11) is 1.61. The second-order valence-corrected chi connectivity index (χ2v) is 6.85. The Bertz CT molecular complexity index is 776. The zero-order valence-electron chi connectivity index (χ0n) is 16.4. The van der Waals surface area contributed by atoms with Crippen molar-refractivity contribution in [2.75, 3.05) is 13.7 Å². The van der Waals surface area contributed by atoms with Crippen LogP contribution in [0.5, 0.6) is 11.5 Å². The molecule has 2 aromatic rings. The molecule has 150 valence electrons. The third-order valence-corrected chi connectivity index (χ3v) is 4.38. The molecule has 0 fully saturated rings. The molecule has 0 aliphatic heterocycles. The highest BCUT2D eigenvalue weighted by molar-refractivity contribution is 6.30. The van der Waals surface area contributed by atoms with Gasteiger partial charge >= 0.3 is 0 Å². The molecule has 0 atom stereocenters. The average Bonchev–Trinajstić information content (AvgIpc) is 2.70. The van der Waals surface area contributed by atoms with Crippen molar-refractivity contribution in [2.45, 2.75) is 39.0 Å². The Kier molecular flexibility index (Phi) is 9.35. The van der Waals surface area contributed by atoms with Gasteiger partial charge in [-0.1, -0.05) is 49.9 Å². The number of unbranched alkanes of at least 4 members (excludes halogenated alkanes) is 3. The summed E-state index contributed by atoms with van der Waals surface area (Å²) in [6.45, 7) is 2.86. The Balaban J connectivity index is 1.85. The Morgan fingerprint density at radius 3 is 2.61 bits per heavy atom. The molecule has 0 aliphatic carbocycles. The van der Waals surface area contributed by atoms with Crippen LogP contribution in [0.25, 0.3) is 0 Å². The predicted molar refractivity (Wildman–Crippen MR) is 114 cm³/mol. The van der Waals surface area contributed by atoms with Crippen LogP contribution in [0.2, 0.25) is 5.02 Å². The Morgan fingerprint density at radius 1 is 1.11 bits per heavy atom. The van der Waals surface area contributed by atoms with E-state index in [1.165, 1.54) is 19.3 Å². The van der Waals surface area contributed by atoms with Crippen molar-refractivity contribution in [1.82, 2.24) is 5.43 Å². The fraction of sp³-hybridized carbons (Fsp3) is 0.364. The number of nitrogens with zero attached hydrogens (tertiary/aromatic N) is 1. The number of amides is 1. The zero-order chi connectivity index (χ0) is 20.2. The zero-order valence-corrected chi connectivity index (χ0v) is 17.2. The van der Waals surface area contributed by atoms with Crippen LogP contribution in [0.15, 0.2) is 47.6 Å². The molecule has 0 aromatic heterocycles. The number of carbonyl (C=O) groups excluding carboxylic acids is 1. The van der Waals surface area contributed by atoms with Crippen molar-refractivity contribution in [1.29, 1.82) is 0 Å². The lowest BCUT2D eigenvalue weighted by molar-refractivity contribution is -0.120. The number of hydrazone groups is 1. The number of carbonyl (C=O) groups is 1. The lowest BCUT2D eigenvalue weighted by Gasteiger charge is -2.11. The van der Waals surface area contributed by atoms with Gasteiger partial charge in [0.05, 0.1) is 26.4 Å². The molecule has 2 aromatic carbocycles. The summed E-state index contributed by atoms with van der Waals surface area (Å²) in [4.78, 5) is 12.0. The first kappa shape index (κ1) is 21.8. The molecule has 1 amide bonds. The van der Waals surface area contributed by atoms with Crippen LogP contribution in [-0.2, 0) is 11.2 Å². The molecule has 0 spiro atoms. The van der Waals surface area contributed by atoms with E-state index in [4.69, 9.17) is 21.1 Å². The van der Waals surface area contributed by atoms with Crippen LogP contribution in [0, 0.1) is 0 Å². The van der Waals surface area contributed by atoms with Gasteiger partial charge in [-0.3, -0.25) is 4.79 Å². The SMILES string of the molecule is CCCCCCOc1ccc(/C=N\NC(=O)Cc2ccc(Cl)cc2)cc1OC. The monoisotopic (exact) mass is 402 g/mol. The summed E-state index contributed by atoms with van der Waals surface area (Å²) in [5.74, 6) is 1.16. The van der Waals surface area contributed by atoms with Crippen molar-refractivity contribution in [3.05, 3.63) is 58.6 Å². The summed E-state index contributed by atoms with van der Waals surface area (Å²) in [6.07, 6.45) is 6.43. The number of hydrogen-bond donors (Lipinski definition) is 1. The Labute approximate surface area is 171 Å². The molecule has 0 saturated heterocycles. The third kappa shape index (κ3) is 7.61. The number of hydrogen-bond acceptors (Lipinski definition) is 4. The van der Waals surface area contributed by atoms with Gasteiger partial charge in [-0.05, 0) is 47.9 Å². The van der Waals surface area contributed by atoms with Gasteiger partial charge in [0.2, 0.25) is 5.91 Å². The van der Waals surface area contributed by atoms with Gasteiger partial charge in [0.1, 0.15) is 0 Å². The number of ether oxygens (including phenoxy) is 2. The molecule has 0 radical (unpaired) electrons. The fourth-order valence-electron chi connectivity index (χ4n) is 2.60. The summed E-state index contributed by atoms with van der Waals surface area (Å²) in [5, 5.41) is 4.65. The van der Waals surface area contributed by atoms with Crippen LogP contribution in [0.3, 0.4) is 0 Å². The molecular formula is C22H27ClN2O3. The van der Waals surface area contributed by atoms with E-state index >= 15 is 0 Å². The highest BCUT2D eigenvalue weighted by Crippen LogP contribution is 2.27. The third-order valence-electron chi connectivity index (χ3n) is 4.12. The molecule has 28 heavy (non-hydrogen) atoms. The number of rotatable bonds is 11. The maximum Gasteiger partial charge on any atom is 0.244 e. The van der Waals surface area contributed by atoms with Crippen LogP contribution < -0.4 is 14.9 Å². The molecule has 0 unspecified atom stereocenters. The first-order valence-electron chi connectivity index (χ1n) is 9.49. The second-order valence-electron chi connectivity index (χ2n) is 6.42. The van der Waals surface area contributed by atoms with E-state index in [0.717, 1.165) is 17.5 Å². The van der Waals surface area contributed by atoms with E-state index in [9.17, 15) is 4.79 Å². The first-order chi connectivity index (χ1) is 13.6. The number of halogens is 1. The van der Waals surface area contributed by atoms with Crippen molar-refractivity contribution >= 4 is 23.7 Å². The molecule has 0 aliphatic rings. The van der Waals surface area contributed by atoms with Crippen LogP contribution in [-0.4, -0.2) is 25.8 Å². The Morgan fingerprint density at radius 2 is 1.89 bits per heavy atom. The summed E-state index contributed by atoms with van der Waals surface area (Å²) in [5.41, 5.74) is 4.21. The van der Waals surface area contributed by atoms with E-state index in [2.05, 4.69) is 17.5 Å². The minimum atomic E-state index is -0.197. The normalized spacial score (nSPS) is 10.8. The van der Waals surface area contributed by atoms with E-state index in [1.807, 2.05) is 30.3 Å². The van der Waals surface area contributed by atoms with Crippen LogP contribution in [0.4, 0.5) is 0 Å². The van der Waals surface area contributed by atoms with E-state index in [0.29, 0.717) is 23.1 Å². The van der Waals surface area contributed by atoms with Gasteiger partial charge in [0.25, 0.3) is 0 Å². The van der Waals surface area contributed by atoms with Gasteiger partial charge in [-0.25, -0.2) is 5.43 Å². The van der Waals surface area contributed by atoms with Crippen molar-refractivity contribution in [2.24, 2.45) is 5.10 Å². The van der Waals surface area contributed by atoms with Crippen molar-refractivity contribution < 1.29 is 14.3 Å². The predicted octanol–water partition coefficient (Wildman–Crippen LogP) is 5.00. The number of nitrogens with one attached hydrogen (secondary N) is 1. The van der Waals surface area contributed by atoms with Crippen LogP contribution >= 0.6 is 11.6 Å². The van der Waals surface area contributed by atoms with Gasteiger partial charge in [0.15, 0.2) is 11.5 Å².